The highest BCUT2D eigenvalue weighted by Crippen LogP contribution is 2.19. The number of hydrogen-bond acceptors (Lipinski definition) is 2. The Hall–Kier alpha value is -1.13. The number of thiocarbonyl (C=S) groups is 1. The Morgan fingerprint density at radius 2 is 2.11 bits per heavy atom. The number of nitrogens with two attached hydrogens (primary N) is 1. The molecular formula is C14H19ClN2OS. The summed E-state index contributed by atoms with van der Waals surface area (Å²) in [4.78, 5) is 14.7. The van der Waals surface area contributed by atoms with Crippen LogP contribution in [0.25, 0.3) is 0 Å². The van der Waals surface area contributed by atoms with Crippen LogP contribution in [-0.4, -0.2) is 28.4 Å². The molecule has 0 heterocycles. The van der Waals surface area contributed by atoms with Gasteiger partial charge in [-0.25, -0.2) is 0 Å². The number of halogens is 1. The van der Waals surface area contributed by atoms with Crippen LogP contribution in [0.3, 0.4) is 0 Å². The molecule has 104 valence electrons. The largest absolute Gasteiger partial charge is 0.393 e. The Morgan fingerprint density at radius 3 is 2.63 bits per heavy atom. The van der Waals surface area contributed by atoms with Gasteiger partial charge in [0.25, 0.3) is 5.91 Å². The van der Waals surface area contributed by atoms with Crippen molar-refractivity contribution < 1.29 is 4.79 Å². The number of carbonyl (C=O) groups excluding carboxylic acids is 1. The van der Waals surface area contributed by atoms with Crippen molar-refractivity contribution in [1.29, 1.82) is 0 Å². The van der Waals surface area contributed by atoms with Gasteiger partial charge in [0, 0.05) is 19.0 Å². The summed E-state index contributed by atoms with van der Waals surface area (Å²) in [5.74, 6) is -0.0730. The maximum absolute atomic E-state index is 12.5. The van der Waals surface area contributed by atoms with Gasteiger partial charge in [-0.3, -0.25) is 4.79 Å². The lowest BCUT2D eigenvalue weighted by Crippen LogP contribution is -2.40. The summed E-state index contributed by atoms with van der Waals surface area (Å²) in [7, 11) is 0. The van der Waals surface area contributed by atoms with Crippen LogP contribution in [0, 0.1) is 0 Å². The minimum absolute atomic E-state index is 0.0730. The van der Waals surface area contributed by atoms with Gasteiger partial charge in [0.15, 0.2) is 0 Å². The van der Waals surface area contributed by atoms with E-state index in [2.05, 4.69) is 0 Å². The SMILES string of the molecule is CCC(C)N(CCC(N)=S)C(=O)c1ccccc1Cl. The van der Waals surface area contributed by atoms with Gasteiger partial charge >= 0.3 is 0 Å². The normalized spacial score (nSPS) is 11.9. The van der Waals surface area contributed by atoms with E-state index in [-0.39, 0.29) is 11.9 Å². The van der Waals surface area contributed by atoms with Gasteiger partial charge in [0.05, 0.1) is 15.6 Å². The Kier molecular flexibility index (Phi) is 6.25. The Balaban J connectivity index is 2.94. The minimum atomic E-state index is -0.0730. The van der Waals surface area contributed by atoms with Crippen molar-refractivity contribution in [2.24, 2.45) is 5.73 Å². The third-order valence-corrected chi connectivity index (χ3v) is 3.62. The molecule has 0 bridgehead atoms. The molecule has 0 aliphatic rings. The van der Waals surface area contributed by atoms with E-state index >= 15 is 0 Å². The van der Waals surface area contributed by atoms with Crippen LogP contribution in [0.5, 0.6) is 0 Å². The van der Waals surface area contributed by atoms with Gasteiger partial charge in [-0.15, -0.1) is 0 Å². The van der Waals surface area contributed by atoms with Crippen LogP contribution in [0.2, 0.25) is 5.02 Å². The Morgan fingerprint density at radius 1 is 1.47 bits per heavy atom. The topological polar surface area (TPSA) is 46.3 Å². The molecule has 0 aliphatic heterocycles. The third-order valence-electron chi connectivity index (χ3n) is 3.09. The quantitative estimate of drug-likeness (QED) is 0.820. The second kappa shape index (κ2) is 7.46. The summed E-state index contributed by atoms with van der Waals surface area (Å²) >= 11 is 11.0. The zero-order valence-corrected chi connectivity index (χ0v) is 12.8. The Bertz CT molecular complexity index is 465. The molecular weight excluding hydrogens is 280 g/mol. The number of rotatable bonds is 6. The van der Waals surface area contributed by atoms with E-state index in [1.165, 1.54) is 0 Å². The molecule has 0 saturated heterocycles. The fraction of sp³-hybridized carbons (Fsp3) is 0.429. The number of hydrogen-bond donors (Lipinski definition) is 1. The molecule has 1 unspecified atom stereocenters. The summed E-state index contributed by atoms with van der Waals surface area (Å²) in [5.41, 5.74) is 6.04. The number of carbonyl (C=O) groups is 1. The van der Waals surface area contributed by atoms with Gasteiger partial charge in [-0.05, 0) is 25.5 Å². The minimum Gasteiger partial charge on any atom is -0.393 e. The molecule has 5 heteroatoms. The van der Waals surface area contributed by atoms with Gasteiger partial charge in [-0.2, -0.15) is 0 Å². The summed E-state index contributed by atoms with van der Waals surface area (Å²) < 4.78 is 0. The van der Waals surface area contributed by atoms with Crippen LogP contribution in [0.1, 0.15) is 37.0 Å². The monoisotopic (exact) mass is 298 g/mol. The lowest BCUT2D eigenvalue weighted by molar-refractivity contribution is 0.0694. The van der Waals surface area contributed by atoms with Crippen molar-refractivity contribution in [3.8, 4) is 0 Å². The fourth-order valence-corrected chi connectivity index (χ4v) is 2.07. The van der Waals surface area contributed by atoms with Crippen LogP contribution < -0.4 is 5.73 Å². The zero-order valence-electron chi connectivity index (χ0n) is 11.2. The standard InChI is InChI=1S/C14H19ClN2OS/c1-3-10(2)17(9-8-13(16)19)14(18)11-6-4-5-7-12(11)15/h4-7,10H,3,8-9H2,1-2H3,(H2,16,19). The highest BCUT2D eigenvalue weighted by molar-refractivity contribution is 7.80. The maximum Gasteiger partial charge on any atom is 0.255 e. The molecule has 0 saturated carbocycles. The first-order chi connectivity index (χ1) is 8.97. The molecule has 0 spiro atoms. The smallest absolute Gasteiger partial charge is 0.255 e. The first-order valence-corrected chi connectivity index (χ1v) is 7.09. The molecule has 1 aromatic carbocycles. The molecule has 0 fully saturated rings. The molecule has 19 heavy (non-hydrogen) atoms. The average Bonchev–Trinajstić information content (AvgIpc) is 2.38. The van der Waals surface area contributed by atoms with Crippen LogP contribution in [-0.2, 0) is 0 Å². The van der Waals surface area contributed by atoms with Crippen LogP contribution >= 0.6 is 23.8 Å². The highest BCUT2D eigenvalue weighted by atomic mass is 35.5. The molecule has 3 nitrogen and oxygen atoms in total. The van der Waals surface area contributed by atoms with Crippen LogP contribution in [0.4, 0.5) is 0 Å². The van der Waals surface area contributed by atoms with E-state index in [0.717, 1.165) is 6.42 Å². The lowest BCUT2D eigenvalue weighted by Gasteiger charge is -2.29. The second-order valence-electron chi connectivity index (χ2n) is 4.45. The summed E-state index contributed by atoms with van der Waals surface area (Å²) in [6.45, 7) is 4.57. The van der Waals surface area contributed by atoms with Crippen molar-refractivity contribution in [3.63, 3.8) is 0 Å². The summed E-state index contributed by atoms with van der Waals surface area (Å²) in [6.07, 6.45) is 1.39. The first-order valence-electron chi connectivity index (χ1n) is 6.31. The van der Waals surface area contributed by atoms with Crippen molar-refractivity contribution in [1.82, 2.24) is 4.90 Å². The number of benzene rings is 1. The molecule has 0 radical (unpaired) electrons. The van der Waals surface area contributed by atoms with E-state index in [0.29, 0.717) is 28.5 Å². The van der Waals surface area contributed by atoms with E-state index in [1.807, 2.05) is 26.0 Å². The molecule has 2 N–H and O–H groups in total. The Labute approximate surface area is 124 Å². The summed E-state index contributed by atoms with van der Waals surface area (Å²) in [5, 5.41) is 0.469. The van der Waals surface area contributed by atoms with Gasteiger partial charge < -0.3 is 10.6 Å². The van der Waals surface area contributed by atoms with Gasteiger partial charge in [-0.1, -0.05) is 42.9 Å². The van der Waals surface area contributed by atoms with Crippen molar-refractivity contribution in [2.75, 3.05) is 6.54 Å². The van der Waals surface area contributed by atoms with E-state index < -0.39 is 0 Å². The van der Waals surface area contributed by atoms with Crippen LogP contribution in [0.15, 0.2) is 24.3 Å². The first kappa shape index (κ1) is 15.9. The molecule has 0 aliphatic carbocycles. The van der Waals surface area contributed by atoms with E-state index in [4.69, 9.17) is 29.6 Å². The lowest BCUT2D eigenvalue weighted by atomic mass is 10.1. The average molecular weight is 299 g/mol. The highest BCUT2D eigenvalue weighted by Gasteiger charge is 2.21. The van der Waals surface area contributed by atoms with E-state index in [1.54, 1.807) is 17.0 Å². The van der Waals surface area contributed by atoms with Crippen molar-refractivity contribution >= 4 is 34.7 Å². The van der Waals surface area contributed by atoms with E-state index in [9.17, 15) is 4.79 Å². The number of nitrogens with zero attached hydrogens (tertiary/aromatic N) is 1. The molecule has 1 rings (SSSR count). The predicted molar refractivity (Wildman–Crippen MR) is 83.6 cm³/mol. The second-order valence-corrected chi connectivity index (χ2v) is 5.38. The predicted octanol–water partition coefficient (Wildman–Crippen LogP) is 3.26. The molecule has 1 atom stereocenters. The maximum atomic E-state index is 12.5. The van der Waals surface area contributed by atoms with Crippen molar-refractivity contribution in [3.05, 3.63) is 34.9 Å². The van der Waals surface area contributed by atoms with Gasteiger partial charge in [0.1, 0.15) is 0 Å². The third kappa shape index (κ3) is 4.48. The molecule has 1 amide bonds. The zero-order chi connectivity index (χ0) is 14.4. The van der Waals surface area contributed by atoms with Gasteiger partial charge in [0.2, 0.25) is 0 Å². The van der Waals surface area contributed by atoms with Crippen molar-refractivity contribution in [2.45, 2.75) is 32.7 Å². The number of amides is 1. The fourth-order valence-electron chi connectivity index (χ4n) is 1.76. The summed E-state index contributed by atoms with van der Waals surface area (Å²) in [6, 6.07) is 7.19. The molecule has 1 aromatic rings. The molecule has 0 aromatic heterocycles.